The molecule has 0 radical (unpaired) electrons. The number of hydrogen-bond donors (Lipinski definition) is 0. The van der Waals surface area contributed by atoms with Crippen LogP contribution in [-0.4, -0.2) is 40.2 Å². The molecule has 2 aliphatic heterocycles. The minimum absolute atomic E-state index is 0.382. The van der Waals surface area contributed by atoms with E-state index in [1.54, 1.807) is 0 Å². The third-order valence-electron chi connectivity index (χ3n) is 4.42. The van der Waals surface area contributed by atoms with Gasteiger partial charge >= 0.3 is 0 Å². The van der Waals surface area contributed by atoms with Gasteiger partial charge in [-0.2, -0.15) is 0 Å². The van der Waals surface area contributed by atoms with Gasteiger partial charge in [0.1, 0.15) is 11.9 Å². The fraction of sp³-hybridized carbons (Fsp3) is 0.688. The number of piperidine rings is 1. The number of nitrogens with zero attached hydrogens (tertiary/aromatic N) is 3. The van der Waals surface area contributed by atoms with Crippen molar-refractivity contribution in [1.82, 2.24) is 14.5 Å². The number of rotatable bonds is 4. The Kier molecular flexibility index (Phi) is 4.41. The van der Waals surface area contributed by atoms with E-state index in [9.17, 15) is 0 Å². The molecule has 20 heavy (non-hydrogen) atoms. The summed E-state index contributed by atoms with van der Waals surface area (Å²) in [6.45, 7) is 5.59. The van der Waals surface area contributed by atoms with Crippen LogP contribution in [0.15, 0.2) is 24.7 Å². The van der Waals surface area contributed by atoms with Gasteiger partial charge in [0.25, 0.3) is 0 Å². The molecule has 4 nitrogen and oxygen atoms in total. The quantitative estimate of drug-likeness (QED) is 0.846. The van der Waals surface area contributed by atoms with Crippen LogP contribution in [0.1, 0.15) is 44.5 Å². The molecule has 1 fully saturated rings. The van der Waals surface area contributed by atoms with Gasteiger partial charge in [-0.05, 0) is 38.3 Å². The third kappa shape index (κ3) is 3.06. The highest BCUT2D eigenvalue weighted by Gasteiger charge is 2.25. The fourth-order valence-electron chi connectivity index (χ4n) is 3.38. The van der Waals surface area contributed by atoms with Crippen molar-refractivity contribution < 1.29 is 4.74 Å². The zero-order valence-electron chi connectivity index (χ0n) is 12.4. The Hall–Kier alpha value is -1.29. The molecule has 2 atom stereocenters. The van der Waals surface area contributed by atoms with Crippen LogP contribution in [0.3, 0.4) is 0 Å². The van der Waals surface area contributed by atoms with Gasteiger partial charge in [0.15, 0.2) is 0 Å². The smallest absolute Gasteiger partial charge is 0.111 e. The van der Waals surface area contributed by atoms with Gasteiger partial charge < -0.3 is 9.30 Å². The van der Waals surface area contributed by atoms with Gasteiger partial charge in [-0.25, -0.2) is 4.98 Å². The van der Waals surface area contributed by atoms with Crippen molar-refractivity contribution in [3.8, 4) is 0 Å². The first kappa shape index (κ1) is 13.7. The predicted octanol–water partition coefficient (Wildman–Crippen LogP) is 2.78. The van der Waals surface area contributed by atoms with E-state index in [-0.39, 0.29) is 0 Å². The summed E-state index contributed by atoms with van der Waals surface area (Å²) < 4.78 is 8.09. The minimum atomic E-state index is 0.382. The standard InChI is InChI=1S/C16H25N3O/c1-2-16-17-8-10-19(16)14-6-5-9-18(12-14)13-15-7-3-4-11-20-15/h4,8,10-11,14-15H,2-3,5-7,9,12-13H2,1H3/t14-,15+/m0/s1. The highest BCUT2D eigenvalue weighted by atomic mass is 16.5. The Labute approximate surface area is 121 Å². The van der Waals surface area contributed by atoms with Gasteiger partial charge in [0.2, 0.25) is 0 Å². The van der Waals surface area contributed by atoms with Crippen LogP contribution in [0, 0.1) is 0 Å². The molecule has 0 unspecified atom stereocenters. The van der Waals surface area contributed by atoms with Crippen LogP contribution in [0.4, 0.5) is 0 Å². The lowest BCUT2D eigenvalue weighted by atomic mass is 10.0. The molecule has 0 N–H and O–H groups in total. The molecular formula is C16H25N3O. The Morgan fingerprint density at radius 3 is 3.15 bits per heavy atom. The van der Waals surface area contributed by atoms with Crippen molar-refractivity contribution in [3.63, 3.8) is 0 Å². The molecule has 2 aliphatic rings. The Morgan fingerprint density at radius 1 is 1.40 bits per heavy atom. The molecular weight excluding hydrogens is 250 g/mol. The van der Waals surface area contributed by atoms with Crippen LogP contribution in [0.25, 0.3) is 0 Å². The second-order valence-electron chi connectivity index (χ2n) is 5.87. The average Bonchev–Trinajstić information content (AvgIpc) is 2.97. The highest BCUT2D eigenvalue weighted by Crippen LogP contribution is 2.24. The first-order valence-electron chi connectivity index (χ1n) is 7.91. The molecule has 3 rings (SSSR count). The highest BCUT2D eigenvalue weighted by molar-refractivity contribution is 4.97. The molecule has 110 valence electrons. The normalized spacial score (nSPS) is 27.4. The SMILES string of the molecule is CCc1nccn1[C@H]1CCCN(C[C@H]2CCC=CO2)C1. The lowest BCUT2D eigenvalue weighted by molar-refractivity contribution is 0.0610. The molecule has 1 aromatic heterocycles. The van der Waals surface area contributed by atoms with Gasteiger partial charge in [-0.15, -0.1) is 0 Å². The van der Waals surface area contributed by atoms with Gasteiger partial charge in [-0.1, -0.05) is 6.92 Å². The molecule has 3 heterocycles. The molecule has 0 aliphatic carbocycles. The molecule has 0 aromatic carbocycles. The maximum absolute atomic E-state index is 5.71. The summed E-state index contributed by atoms with van der Waals surface area (Å²) >= 11 is 0. The summed E-state index contributed by atoms with van der Waals surface area (Å²) in [5, 5.41) is 0. The van der Waals surface area contributed by atoms with Crippen LogP contribution in [0.5, 0.6) is 0 Å². The number of aromatic nitrogens is 2. The molecule has 1 saturated heterocycles. The van der Waals surface area contributed by atoms with Crippen molar-refractivity contribution in [2.75, 3.05) is 19.6 Å². The number of allylic oxidation sites excluding steroid dienone is 1. The summed E-state index contributed by atoms with van der Waals surface area (Å²) in [4.78, 5) is 7.03. The third-order valence-corrected chi connectivity index (χ3v) is 4.42. The van der Waals surface area contributed by atoms with E-state index >= 15 is 0 Å². The van der Waals surface area contributed by atoms with E-state index in [0.29, 0.717) is 12.1 Å². The van der Waals surface area contributed by atoms with Gasteiger partial charge in [0, 0.05) is 37.9 Å². The van der Waals surface area contributed by atoms with Crippen molar-refractivity contribution in [2.24, 2.45) is 0 Å². The lowest BCUT2D eigenvalue weighted by Gasteiger charge is -2.36. The number of ether oxygens (including phenoxy) is 1. The second kappa shape index (κ2) is 6.44. The minimum Gasteiger partial charge on any atom is -0.497 e. The van der Waals surface area contributed by atoms with E-state index in [4.69, 9.17) is 4.74 Å². The molecule has 0 saturated carbocycles. The van der Waals surface area contributed by atoms with Crippen LogP contribution >= 0.6 is 0 Å². The average molecular weight is 275 g/mol. The monoisotopic (exact) mass is 275 g/mol. The van der Waals surface area contributed by atoms with Crippen LogP contribution in [0.2, 0.25) is 0 Å². The number of aryl methyl sites for hydroxylation is 1. The first-order valence-corrected chi connectivity index (χ1v) is 7.91. The van der Waals surface area contributed by atoms with E-state index < -0.39 is 0 Å². The Bertz CT molecular complexity index is 454. The summed E-state index contributed by atoms with van der Waals surface area (Å²) in [7, 11) is 0. The molecule has 1 aromatic rings. The predicted molar refractivity (Wildman–Crippen MR) is 79.6 cm³/mol. The van der Waals surface area contributed by atoms with E-state index in [2.05, 4.69) is 33.6 Å². The van der Waals surface area contributed by atoms with E-state index in [1.165, 1.54) is 25.2 Å². The zero-order valence-corrected chi connectivity index (χ0v) is 12.4. The largest absolute Gasteiger partial charge is 0.497 e. The summed E-state index contributed by atoms with van der Waals surface area (Å²) in [6, 6.07) is 0.584. The summed E-state index contributed by atoms with van der Waals surface area (Å²) in [5.41, 5.74) is 0. The van der Waals surface area contributed by atoms with Crippen molar-refractivity contribution >= 4 is 0 Å². The van der Waals surface area contributed by atoms with Gasteiger partial charge in [0.05, 0.1) is 6.26 Å². The maximum Gasteiger partial charge on any atom is 0.111 e. The fourth-order valence-corrected chi connectivity index (χ4v) is 3.38. The van der Waals surface area contributed by atoms with Crippen LogP contribution < -0.4 is 0 Å². The Balaban J connectivity index is 1.60. The number of imidazole rings is 1. The van der Waals surface area contributed by atoms with Crippen molar-refractivity contribution in [2.45, 2.75) is 51.2 Å². The zero-order chi connectivity index (χ0) is 13.8. The molecule has 4 heteroatoms. The topological polar surface area (TPSA) is 30.3 Å². The molecule has 0 amide bonds. The van der Waals surface area contributed by atoms with Crippen molar-refractivity contribution in [3.05, 3.63) is 30.6 Å². The summed E-state index contributed by atoms with van der Waals surface area (Å²) in [6.07, 6.45) is 14.3. The Morgan fingerprint density at radius 2 is 2.35 bits per heavy atom. The second-order valence-corrected chi connectivity index (χ2v) is 5.87. The number of hydrogen-bond acceptors (Lipinski definition) is 3. The molecule has 0 bridgehead atoms. The van der Waals surface area contributed by atoms with E-state index in [1.807, 2.05) is 12.5 Å². The summed E-state index contributed by atoms with van der Waals surface area (Å²) in [5.74, 6) is 1.22. The van der Waals surface area contributed by atoms with Crippen molar-refractivity contribution in [1.29, 1.82) is 0 Å². The number of likely N-dealkylation sites (tertiary alicyclic amines) is 1. The van der Waals surface area contributed by atoms with Gasteiger partial charge in [-0.3, -0.25) is 4.90 Å². The lowest BCUT2D eigenvalue weighted by Crippen LogP contribution is -2.41. The first-order chi connectivity index (χ1) is 9.86. The molecule has 0 spiro atoms. The van der Waals surface area contributed by atoms with E-state index in [0.717, 1.165) is 32.4 Å². The maximum atomic E-state index is 5.71. The van der Waals surface area contributed by atoms with Crippen LogP contribution in [-0.2, 0) is 11.2 Å².